The van der Waals surface area contributed by atoms with Crippen LogP contribution >= 0.6 is 0 Å². The SMILES string of the molecule is CCCCC(=O)NCCN(CCc1ccc(F)cc1)C(C)=O. The zero-order valence-electron chi connectivity index (χ0n) is 13.4. The van der Waals surface area contributed by atoms with E-state index in [2.05, 4.69) is 5.32 Å². The molecule has 0 aliphatic rings. The molecule has 1 rings (SSSR count). The van der Waals surface area contributed by atoms with Gasteiger partial charge in [-0.3, -0.25) is 9.59 Å². The van der Waals surface area contributed by atoms with E-state index in [0.717, 1.165) is 18.4 Å². The second kappa shape index (κ2) is 9.92. The number of nitrogens with zero attached hydrogens (tertiary/aromatic N) is 1. The molecule has 0 aliphatic carbocycles. The summed E-state index contributed by atoms with van der Waals surface area (Å²) >= 11 is 0. The summed E-state index contributed by atoms with van der Waals surface area (Å²) in [6, 6.07) is 6.28. The number of unbranched alkanes of at least 4 members (excludes halogenated alkanes) is 1. The van der Waals surface area contributed by atoms with Gasteiger partial charge in [0.1, 0.15) is 5.82 Å². The molecular weight excluding hydrogens is 283 g/mol. The smallest absolute Gasteiger partial charge is 0.220 e. The fraction of sp³-hybridized carbons (Fsp3) is 0.529. The van der Waals surface area contributed by atoms with Gasteiger partial charge in [0.05, 0.1) is 0 Å². The minimum absolute atomic E-state index is 0.0232. The van der Waals surface area contributed by atoms with E-state index in [1.165, 1.54) is 19.1 Å². The van der Waals surface area contributed by atoms with Gasteiger partial charge in [-0.15, -0.1) is 0 Å². The van der Waals surface area contributed by atoms with Crippen LogP contribution in [0.2, 0.25) is 0 Å². The second-order valence-electron chi connectivity index (χ2n) is 5.34. The summed E-state index contributed by atoms with van der Waals surface area (Å²) < 4.78 is 12.8. The van der Waals surface area contributed by atoms with Crippen molar-refractivity contribution in [2.24, 2.45) is 0 Å². The van der Waals surface area contributed by atoms with Crippen molar-refractivity contribution in [2.75, 3.05) is 19.6 Å². The largest absolute Gasteiger partial charge is 0.354 e. The van der Waals surface area contributed by atoms with Crippen LogP contribution in [-0.4, -0.2) is 36.3 Å². The summed E-state index contributed by atoms with van der Waals surface area (Å²) in [5, 5.41) is 2.83. The summed E-state index contributed by atoms with van der Waals surface area (Å²) in [5.74, 6) is -0.254. The summed E-state index contributed by atoms with van der Waals surface area (Å²) in [4.78, 5) is 24.8. The quantitative estimate of drug-likeness (QED) is 0.762. The van der Waals surface area contributed by atoms with Crippen LogP contribution in [0.3, 0.4) is 0 Å². The summed E-state index contributed by atoms with van der Waals surface area (Å²) in [6.45, 7) is 5.08. The fourth-order valence-corrected chi connectivity index (χ4v) is 2.10. The molecule has 0 saturated heterocycles. The number of halogens is 1. The average molecular weight is 308 g/mol. The Balaban J connectivity index is 2.34. The Morgan fingerprint density at radius 1 is 1.18 bits per heavy atom. The average Bonchev–Trinajstić information content (AvgIpc) is 2.49. The number of hydrogen-bond donors (Lipinski definition) is 1. The molecule has 0 aliphatic heterocycles. The molecule has 0 saturated carbocycles. The van der Waals surface area contributed by atoms with Gasteiger partial charge in [0, 0.05) is 33.0 Å². The Morgan fingerprint density at radius 3 is 2.45 bits per heavy atom. The first kappa shape index (κ1) is 18.1. The predicted octanol–water partition coefficient (Wildman–Crippen LogP) is 2.52. The van der Waals surface area contributed by atoms with Crippen molar-refractivity contribution in [3.05, 3.63) is 35.6 Å². The van der Waals surface area contributed by atoms with E-state index in [1.807, 2.05) is 6.92 Å². The molecule has 0 radical (unpaired) electrons. The van der Waals surface area contributed by atoms with Gasteiger partial charge in [-0.2, -0.15) is 0 Å². The van der Waals surface area contributed by atoms with Crippen LogP contribution in [0.5, 0.6) is 0 Å². The molecule has 0 heterocycles. The van der Waals surface area contributed by atoms with Gasteiger partial charge in [0.25, 0.3) is 0 Å². The Bertz CT molecular complexity index is 474. The van der Waals surface area contributed by atoms with E-state index in [1.54, 1.807) is 17.0 Å². The predicted molar refractivity (Wildman–Crippen MR) is 84.9 cm³/mol. The van der Waals surface area contributed by atoms with Crippen LogP contribution in [0.4, 0.5) is 4.39 Å². The van der Waals surface area contributed by atoms with Crippen LogP contribution in [0, 0.1) is 5.82 Å². The first-order chi connectivity index (χ1) is 10.5. The summed E-state index contributed by atoms with van der Waals surface area (Å²) in [6.07, 6.45) is 3.08. The highest BCUT2D eigenvalue weighted by atomic mass is 19.1. The van der Waals surface area contributed by atoms with Gasteiger partial charge in [-0.1, -0.05) is 25.5 Å². The normalized spacial score (nSPS) is 10.3. The molecule has 0 aromatic heterocycles. The lowest BCUT2D eigenvalue weighted by Gasteiger charge is -2.21. The maximum atomic E-state index is 12.8. The highest BCUT2D eigenvalue weighted by Crippen LogP contribution is 2.05. The van der Waals surface area contributed by atoms with E-state index in [0.29, 0.717) is 32.5 Å². The van der Waals surface area contributed by atoms with Crippen LogP contribution < -0.4 is 5.32 Å². The van der Waals surface area contributed by atoms with Crippen LogP contribution in [0.25, 0.3) is 0 Å². The highest BCUT2D eigenvalue weighted by molar-refractivity contribution is 5.76. The molecule has 0 spiro atoms. The molecule has 5 heteroatoms. The van der Waals surface area contributed by atoms with E-state index < -0.39 is 0 Å². The first-order valence-electron chi connectivity index (χ1n) is 7.79. The lowest BCUT2D eigenvalue weighted by molar-refractivity contribution is -0.129. The van der Waals surface area contributed by atoms with Crippen molar-refractivity contribution < 1.29 is 14.0 Å². The number of hydrogen-bond acceptors (Lipinski definition) is 2. The van der Waals surface area contributed by atoms with Gasteiger partial charge in [-0.25, -0.2) is 4.39 Å². The van der Waals surface area contributed by atoms with Crippen LogP contribution in [0.1, 0.15) is 38.7 Å². The Hall–Kier alpha value is -1.91. The minimum Gasteiger partial charge on any atom is -0.354 e. The van der Waals surface area contributed by atoms with E-state index in [-0.39, 0.29) is 17.6 Å². The van der Waals surface area contributed by atoms with Gasteiger partial charge in [-0.05, 0) is 30.5 Å². The molecule has 1 N–H and O–H groups in total. The number of nitrogens with one attached hydrogen (secondary N) is 1. The molecule has 1 aromatic carbocycles. The molecular formula is C17H25FN2O2. The maximum absolute atomic E-state index is 12.8. The third kappa shape index (κ3) is 7.20. The Morgan fingerprint density at radius 2 is 1.86 bits per heavy atom. The molecule has 0 bridgehead atoms. The standard InChI is InChI=1S/C17H25FN2O2/c1-3-4-5-17(22)19-11-13-20(14(2)21)12-10-15-6-8-16(18)9-7-15/h6-9H,3-5,10-13H2,1-2H3,(H,19,22). The highest BCUT2D eigenvalue weighted by Gasteiger charge is 2.09. The molecule has 122 valence electrons. The molecule has 22 heavy (non-hydrogen) atoms. The summed E-state index contributed by atoms with van der Waals surface area (Å²) in [5.41, 5.74) is 0.986. The van der Waals surface area contributed by atoms with Crippen LogP contribution in [-0.2, 0) is 16.0 Å². The first-order valence-corrected chi connectivity index (χ1v) is 7.79. The molecule has 1 aromatic rings. The lowest BCUT2D eigenvalue weighted by Crippen LogP contribution is -2.38. The molecule has 0 fully saturated rings. The molecule has 0 atom stereocenters. The van der Waals surface area contributed by atoms with Crippen molar-refractivity contribution >= 4 is 11.8 Å². The maximum Gasteiger partial charge on any atom is 0.220 e. The van der Waals surface area contributed by atoms with Crippen molar-refractivity contribution in [3.63, 3.8) is 0 Å². The number of benzene rings is 1. The zero-order chi connectivity index (χ0) is 16.4. The summed E-state index contributed by atoms with van der Waals surface area (Å²) in [7, 11) is 0. The van der Waals surface area contributed by atoms with E-state index in [9.17, 15) is 14.0 Å². The second-order valence-corrected chi connectivity index (χ2v) is 5.34. The van der Waals surface area contributed by atoms with Gasteiger partial charge < -0.3 is 10.2 Å². The fourth-order valence-electron chi connectivity index (χ4n) is 2.10. The van der Waals surface area contributed by atoms with Gasteiger partial charge >= 0.3 is 0 Å². The van der Waals surface area contributed by atoms with E-state index >= 15 is 0 Å². The van der Waals surface area contributed by atoms with E-state index in [4.69, 9.17) is 0 Å². The van der Waals surface area contributed by atoms with Crippen LogP contribution in [0.15, 0.2) is 24.3 Å². The molecule has 4 nitrogen and oxygen atoms in total. The Labute approximate surface area is 131 Å². The minimum atomic E-state index is -0.262. The Kier molecular flexibility index (Phi) is 8.18. The van der Waals surface area contributed by atoms with Crippen molar-refractivity contribution in [1.82, 2.24) is 10.2 Å². The van der Waals surface area contributed by atoms with Crippen molar-refractivity contribution in [2.45, 2.75) is 39.5 Å². The monoisotopic (exact) mass is 308 g/mol. The number of amides is 2. The van der Waals surface area contributed by atoms with Gasteiger partial charge in [0.15, 0.2) is 0 Å². The third-order valence-corrected chi connectivity index (χ3v) is 3.49. The lowest BCUT2D eigenvalue weighted by atomic mass is 10.1. The van der Waals surface area contributed by atoms with Crippen molar-refractivity contribution in [1.29, 1.82) is 0 Å². The number of rotatable bonds is 9. The number of carbonyl (C=O) groups excluding carboxylic acids is 2. The topological polar surface area (TPSA) is 49.4 Å². The van der Waals surface area contributed by atoms with Crippen molar-refractivity contribution in [3.8, 4) is 0 Å². The third-order valence-electron chi connectivity index (χ3n) is 3.49. The van der Waals surface area contributed by atoms with Gasteiger partial charge in [0.2, 0.25) is 11.8 Å². The molecule has 0 unspecified atom stereocenters. The number of carbonyl (C=O) groups is 2. The molecule has 2 amide bonds. The zero-order valence-corrected chi connectivity index (χ0v) is 13.4.